The minimum absolute atomic E-state index is 0.0523. The molecule has 0 unspecified atom stereocenters. The summed E-state index contributed by atoms with van der Waals surface area (Å²) in [6.45, 7) is 0.700. The molecule has 0 aromatic heterocycles. The fourth-order valence-corrected chi connectivity index (χ4v) is 4.20. The molecule has 2 aliphatic rings. The molecule has 0 atom stereocenters. The number of methoxy groups -OCH3 is 2. The monoisotopic (exact) mass is 355 g/mol. The van der Waals surface area contributed by atoms with Gasteiger partial charge in [0.25, 0.3) is 0 Å². The summed E-state index contributed by atoms with van der Waals surface area (Å²) in [5, 5.41) is 0. The van der Waals surface area contributed by atoms with E-state index in [1.165, 1.54) is 24.8 Å². The second kappa shape index (κ2) is 5.93. The van der Waals surface area contributed by atoms with E-state index in [9.17, 15) is 13.2 Å². The van der Waals surface area contributed by atoms with Gasteiger partial charge in [0, 0.05) is 38.1 Å². The zero-order valence-corrected chi connectivity index (χ0v) is 14.8. The molecule has 1 fully saturated rings. The van der Waals surface area contributed by atoms with Crippen molar-refractivity contribution in [3.05, 3.63) is 17.7 Å². The number of sulfonamides is 1. The fourth-order valence-electron chi connectivity index (χ4n) is 3.35. The number of ether oxygens (including phenoxy) is 3. The largest absolute Gasteiger partial charge is 0.496 e. The smallest absolute Gasteiger partial charge is 0.211 e. The molecule has 132 valence electrons. The molecule has 1 aromatic rings. The molecule has 2 aliphatic heterocycles. The van der Waals surface area contributed by atoms with Crippen LogP contribution in [-0.4, -0.2) is 57.7 Å². The van der Waals surface area contributed by atoms with Crippen LogP contribution in [-0.2, 0) is 10.0 Å². The minimum Gasteiger partial charge on any atom is -0.496 e. The van der Waals surface area contributed by atoms with Crippen LogP contribution in [0.5, 0.6) is 17.2 Å². The number of carbonyl (C=O) groups excluding carboxylic acids is 1. The van der Waals surface area contributed by atoms with Gasteiger partial charge in [0.15, 0.2) is 5.78 Å². The van der Waals surface area contributed by atoms with Crippen LogP contribution in [0.15, 0.2) is 12.1 Å². The minimum atomic E-state index is -3.22. The van der Waals surface area contributed by atoms with Crippen molar-refractivity contribution in [1.29, 1.82) is 0 Å². The Labute approximate surface area is 141 Å². The van der Waals surface area contributed by atoms with Crippen molar-refractivity contribution in [2.75, 3.05) is 33.6 Å². The number of carbonyl (C=O) groups is 1. The topological polar surface area (TPSA) is 82.1 Å². The van der Waals surface area contributed by atoms with Gasteiger partial charge in [-0.3, -0.25) is 4.79 Å². The number of Topliss-reactive ketones (excluding diaryl/α,β-unsaturated/α-hetero) is 1. The summed E-state index contributed by atoms with van der Waals surface area (Å²) in [6, 6.07) is 3.34. The first-order valence-electron chi connectivity index (χ1n) is 7.71. The zero-order chi connectivity index (χ0) is 17.5. The van der Waals surface area contributed by atoms with Crippen LogP contribution < -0.4 is 14.2 Å². The number of piperidine rings is 1. The van der Waals surface area contributed by atoms with E-state index in [2.05, 4.69) is 0 Å². The second-order valence-corrected chi connectivity index (χ2v) is 8.23. The molecule has 0 radical (unpaired) electrons. The molecule has 3 rings (SSSR count). The van der Waals surface area contributed by atoms with E-state index in [1.807, 2.05) is 0 Å². The van der Waals surface area contributed by atoms with E-state index in [0.717, 1.165) is 0 Å². The second-order valence-electron chi connectivity index (χ2n) is 6.25. The molecular formula is C16H21NO6S. The Morgan fingerprint density at radius 3 is 2.38 bits per heavy atom. The molecule has 0 saturated carbocycles. The van der Waals surface area contributed by atoms with Crippen molar-refractivity contribution in [2.24, 2.45) is 0 Å². The number of hydrogen-bond acceptors (Lipinski definition) is 6. The molecular weight excluding hydrogens is 334 g/mol. The van der Waals surface area contributed by atoms with E-state index >= 15 is 0 Å². The first-order valence-corrected chi connectivity index (χ1v) is 9.56. The van der Waals surface area contributed by atoms with Crippen LogP contribution in [0.3, 0.4) is 0 Å². The lowest BCUT2D eigenvalue weighted by Gasteiger charge is -2.43. The lowest BCUT2D eigenvalue weighted by molar-refractivity contribution is 0.00549. The van der Waals surface area contributed by atoms with Gasteiger partial charge in [-0.15, -0.1) is 0 Å². The highest BCUT2D eigenvalue weighted by molar-refractivity contribution is 7.88. The van der Waals surface area contributed by atoms with Gasteiger partial charge in [0.2, 0.25) is 10.0 Å². The Kier molecular flexibility index (Phi) is 4.21. The molecule has 0 aliphatic carbocycles. The van der Waals surface area contributed by atoms with Crippen LogP contribution in [0, 0.1) is 0 Å². The Morgan fingerprint density at radius 1 is 1.17 bits per heavy atom. The Hall–Kier alpha value is -1.80. The number of rotatable bonds is 3. The molecule has 1 spiro atoms. The van der Waals surface area contributed by atoms with Gasteiger partial charge < -0.3 is 14.2 Å². The normalized spacial score (nSPS) is 20.4. The van der Waals surface area contributed by atoms with E-state index in [-0.39, 0.29) is 12.2 Å². The Bertz CT molecular complexity index is 765. The van der Waals surface area contributed by atoms with Gasteiger partial charge in [-0.2, -0.15) is 0 Å². The SMILES string of the molecule is COc1cc(OC)c2c(c1)OC1(CCN(S(C)(=O)=O)CC1)CC2=O. The third kappa shape index (κ3) is 2.95. The van der Waals surface area contributed by atoms with E-state index in [1.54, 1.807) is 12.1 Å². The van der Waals surface area contributed by atoms with Crippen LogP contribution in [0.2, 0.25) is 0 Å². The lowest BCUT2D eigenvalue weighted by Crippen LogP contribution is -2.52. The molecule has 1 aromatic carbocycles. The molecule has 0 bridgehead atoms. The number of nitrogens with zero attached hydrogens (tertiary/aromatic N) is 1. The van der Waals surface area contributed by atoms with Crippen LogP contribution in [0.1, 0.15) is 29.6 Å². The molecule has 24 heavy (non-hydrogen) atoms. The summed E-state index contributed by atoms with van der Waals surface area (Å²) in [4.78, 5) is 12.7. The maximum absolute atomic E-state index is 12.7. The average molecular weight is 355 g/mol. The van der Waals surface area contributed by atoms with Gasteiger partial charge in [-0.1, -0.05) is 0 Å². The number of fused-ring (bicyclic) bond motifs is 1. The van der Waals surface area contributed by atoms with Crippen LogP contribution >= 0.6 is 0 Å². The van der Waals surface area contributed by atoms with Crippen molar-refractivity contribution in [1.82, 2.24) is 4.31 Å². The summed E-state index contributed by atoms with van der Waals surface area (Å²) < 4.78 is 41.5. The third-order valence-electron chi connectivity index (χ3n) is 4.69. The number of hydrogen-bond donors (Lipinski definition) is 0. The highest BCUT2D eigenvalue weighted by Crippen LogP contribution is 2.44. The van der Waals surface area contributed by atoms with Gasteiger partial charge in [-0.25, -0.2) is 12.7 Å². The van der Waals surface area contributed by atoms with Gasteiger partial charge in [0.1, 0.15) is 28.4 Å². The quantitative estimate of drug-likeness (QED) is 0.816. The van der Waals surface area contributed by atoms with Crippen molar-refractivity contribution >= 4 is 15.8 Å². The van der Waals surface area contributed by atoms with E-state index in [4.69, 9.17) is 14.2 Å². The number of benzene rings is 1. The van der Waals surface area contributed by atoms with Crippen LogP contribution in [0.25, 0.3) is 0 Å². The fraction of sp³-hybridized carbons (Fsp3) is 0.562. The van der Waals surface area contributed by atoms with Gasteiger partial charge >= 0.3 is 0 Å². The predicted octanol–water partition coefficient (Wildman–Crippen LogP) is 1.46. The Morgan fingerprint density at radius 2 is 1.83 bits per heavy atom. The summed E-state index contributed by atoms with van der Waals surface area (Å²) in [6.07, 6.45) is 2.37. The first-order chi connectivity index (χ1) is 11.3. The zero-order valence-electron chi connectivity index (χ0n) is 14.0. The maximum atomic E-state index is 12.7. The summed E-state index contributed by atoms with van der Waals surface area (Å²) in [5.74, 6) is 1.36. The standard InChI is InChI=1S/C16H21NO6S/c1-21-11-8-13(22-2)15-12(18)10-16(23-14(15)9-11)4-6-17(7-5-16)24(3,19)20/h8-9H,4-7,10H2,1-3H3. The summed E-state index contributed by atoms with van der Waals surface area (Å²) in [5.41, 5.74) is -0.239. The third-order valence-corrected chi connectivity index (χ3v) is 5.99. The molecule has 7 nitrogen and oxygen atoms in total. The Balaban J connectivity index is 1.91. The molecule has 0 amide bonds. The first kappa shape index (κ1) is 17.0. The highest BCUT2D eigenvalue weighted by atomic mass is 32.2. The predicted molar refractivity (Wildman–Crippen MR) is 87.5 cm³/mol. The van der Waals surface area contributed by atoms with E-state index < -0.39 is 15.6 Å². The van der Waals surface area contributed by atoms with Crippen molar-refractivity contribution in [3.8, 4) is 17.2 Å². The van der Waals surface area contributed by atoms with Gasteiger partial charge in [-0.05, 0) is 0 Å². The molecule has 8 heteroatoms. The van der Waals surface area contributed by atoms with Crippen molar-refractivity contribution in [2.45, 2.75) is 24.9 Å². The molecule has 0 N–H and O–H groups in total. The molecule has 1 saturated heterocycles. The maximum Gasteiger partial charge on any atom is 0.211 e. The average Bonchev–Trinajstić information content (AvgIpc) is 2.52. The van der Waals surface area contributed by atoms with Crippen LogP contribution in [0.4, 0.5) is 0 Å². The molecule has 2 heterocycles. The number of ketones is 1. The summed E-state index contributed by atoms with van der Waals surface area (Å²) in [7, 11) is -0.193. The van der Waals surface area contributed by atoms with Crippen molar-refractivity contribution in [3.63, 3.8) is 0 Å². The van der Waals surface area contributed by atoms with Gasteiger partial charge in [0.05, 0.1) is 26.9 Å². The van der Waals surface area contributed by atoms with Crippen molar-refractivity contribution < 1.29 is 27.4 Å². The highest BCUT2D eigenvalue weighted by Gasteiger charge is 2.45. The van der Waals surface area contributed by atoms with E-state index in [0.29, 0.717) is 48.7 Å². The summed E-state index contributed by atoms with van der Waals surface area (Å²) >= 11 is 0. The lowest BCUT2D eigenvalue weighted by atomic mass is 9.82.